The van der Waals surface area contributed by atoms with Gasteiger partial charge in [-0.2, -0.15) is 0 Å². The van der Waals surface area contributed by atoms with Crippen molar-refractivity contribution < 1.29 is 9.57 Å². The Hall–Kier alpha value is -1.84. The van der Waals surface area contributed by atoms with E-state index in [9.17, 15) is 0 Å². The number of nitrogens with one attached hydrogen (secondary N) is 1. The number of rotatable bonds is 8. The molecule has 0 saturated heterocycles. The lowest BCUT2D eigenvalue weighted by Crippen LogP contribution is -2.17. The van der Waals surface area contributed by atoms with E-state index in [0.717, 1.165) is 24.3 Å². The molecule has 100 valence electrons. The van der Waals surface area contributed by atoms with Gasteiger partial charge in [0.2, 0.25) is 0 Å². The molecule has 0 aliphatic rings. The normalized spacial score (nSPS) is 10.3. The highest BCUT2D eigenvalue weighted by molar-refractivity contribution is 5.20. The van der Waals surface area contributed by atoms with Crippen LogP contribution in [-0.4, -0.2) is 13.2 Å². The van der Waals surface area contributed by atoms with E-state index in [1.807, 2.05) is 60.7 Å². The van der Waals surface area contributed by atoms with Gasteiger partial charge in [-0.25, -0.2) is 5.48 Å². The fourth-order valence-electron chi connectivity index (χ4n) is 1.63. The summed E-state index contributed by atoms with van der Waals surface area (Å²) in [7, 11) is 0. The first-order valence-corrected chi connectivity index (χ1v) is 6.51. The second-order valence-electron chi connectivity index (χ2n) is 4.18. The van der Waals surface area contributed by atoms with E-state index >= 15 is 0 Å². The number of hydrogen-bond donors (Lipinski definition) is 1. The Bertz CT molecular complexity index is 401. The second kappa shape index (κ2) is 8.29. The Morgan fingerprint density at radius 3 is 2.26 bits per heavy atom. The summed E-state index contributed by atoms with van der Waals surface area (Å²) in [4.78, 5) is 5.37. The van der Waals surface area contributed by atoms with E-state index < -0.39 is 0 Å². The van der Waals surface area contributed by atoms with Gasteiger partial charge in [-0.05, 0) is 24.1 Å². The lowest BCUT2D eigenvalue weighted by molar-refractivity contribution is 0.0257. The molecule has 2 aromatic rings. The lowest BCUT2D eigenvalue weighted by Gasteiger charge is -2.07. The molecule has 0 saturated carbocycles. The summed E-state index contributed by atoms with van der Waals surface area (Å²) < 4.78 is 5.58. The molecule has 0 heterocycles. The van der Waals surface area contributed by atoms with E-state index in [1.165, 1.54) is 0 Å². The van der Waals surface area contributed by atoms with Crippen LogP contribution in [0.4, 0.5) is 0 Å². The first-order valence-electron chi connectivity index (χ1n) is 6.51. The van der Waals surface area contributed by atoms with Gasteiger partial charge < -0.3 is 4.74 Å². The summed E-state index contributed by atoms with van der Waals surface area (Å²) in [5, 5.41) is 0. The minimum absolute atomic E-state index is 0.584. The van der Waals surface area contributed by atoms with Crippen molar-refractivity contribution in [3.63, 3.8) is 0 Å². The van der Waals surface area contributed by atoms with Crippen LogP contribution in [0.1, 0.15) is 12.0 Å². The zero-order valence-corrected chi connectivity index (χ0v) is 10.9. The highest BCUT2D eigenvalue weighted by atomic mass is 16.6. The van der Waals surface area contributed by atoms with Gasteiger partial charge in [0.25, 0.3) is 0 Å². The zero-order chi connectivity index (χ0) is 13.2. The van der Waals surface area contributed by atoms with Crippen LogP contribution >= 0.6 is 0 Å². The van der Waals surface area contributed by atoms with Crippen LogP contribution in [0.3, 0.4) is 0 Å². The summed E-state index contributed by atoms with van der Waals surface area (Å²) in [5.74, 6) is 0.910. The van der Waals surface area contributed by atoms with Crippen LogP contribution in [0, 0.1) is 0 Å². The monoisotopic (exact) mass is 257 g/mol. The number of hydrogen-bond acceptors (Lipinski definition) is 3. The third kappa shape index (κ3) is 5.55. The van der Waals surface area contributed by atoms with Gasteiger partial charge in [0.1, 0.15) is 5.75 Å². The van der Waals surface area contributed by atoms with Crippen molar-refractivity contribution in [3.05, 3.63) is 66.2 Å². The maximum Gasteiger partial charge on any atom is 0.119 e. The van der Waals surface area contributed by atoms with Crippen LogP contribution in [0.25, 0.3) is 0 Å². The van der Waals surface area contributed by atoms with Crippen molar-refractivity contribution in [2.75, 3.05) is 13.2 Å². The van der Waals surface area contributed by atoms with E-state index in [2.05, 4.69) is 5.48 Å². The van der Waals surface area contributed by atoms with E-state index in [0.29, 0.717) is 13.2 Å². The smallest absolute Gasteiger partial charge is 0.119 e. The van der Waals surface area contributed by atoms with Crippen molar-refractivity contribution in [2.24, 2.45) is 0 Å². The van der Waals surface area contributed by atoms with Crippen LogP contribution in [0.2, 0.25) is 0 Å². The fourth-order valence-corrected chi connectivity index (χ4v) is 1.63. The Balaban J connectivity index is 1.49. The fraction of sp³-hybridized carbons (Fsp3) is 0.250. The molecule has 0 fully saturated rings. The summed E-state index contributed by atoms with van der Waals surface area (Å²) in [6.07, 6.45) is 0.906. The molecule has 19 heavy (non-hydrogen) atoms. The van der Waals surface area contributed by atoms with E-state index in [-0.39, 0.29) is 0 Å². The van der Waals surface area contributed by atoms with Crippen LogP contribution in [0.15, 0.2) is 60.7 Å². The average molecular weight is 257 g/mol. The molecule has 0 aromatic heterocycles. The first kappa shape index (κ1) is 13.6. The second-order valence-corrected chi connectivity index (χ2v) is 4.18. The van der Waals surface area contributed by atoms with Gasteiger partial charge in [-0.1, -0.05) is 48.5 Å². The quantitative estimate of drug-likeness (QED) is 0.582. The Morgan fingerprint density at radius 1 is 0.842 bits per heavy atom. The summed E-state index contributed by atoms with van der Waals surface area (Å²) in [5.41, 5.74) is 4.10. The van der Waals surface area contributed by atoms with Crippen molar-refractivity contribution >= 4 is 0 Å². The first-order chi connectivity index (χ1) is 9.45. The molecule has 0 spiro atoms. The molecular weight excluding hydrogens is 238 g/mol. The van der Waals surface area contributed by atoms with Crippen LogP contribution < -0.4 is 10.2 Å². The minimum Gasteiger partial charge on any atom is -0.494 e. The van der Waals surface area contributed by atoms with Gasteiger partial charge >= 0.3 is 0 Å². The molecule has 0 aliphatic heterocycles. The Morgan fingerprint density at radius 2 is 1.53 bits per heavy atom. The number of ether oxygens (including phenoxy) is 1. The number of hydroxylamine groups is 1. The summed E-state index contributed by atoms with van der Waals surface area (Å²) >= 11 is 0. The molecule has 2 aromatic carbocycles. The van der Waals surface area contributed by atoms with Crippen molar-refractivity contribution in [1.82, 2.24) is 5.48 Å². The molecule has 0 amide bonds. The summed E-state index contributed by atoms with van der Waals surface area (Å²) in [6.45, 7) is 2.05. The van der Waals surface area contributed by atoms with Gasteiger partial charge in [-0.15, -0.1) is 0 Å². The molecule has 0 aliphatic carbocycles. The van der Waals surface area contributed by atoms with Crippen molar-refractivity contribution in [1.29, 1.82) is 0 Å². The third-order valence-corrected chi connectivity index (χ3v) is 2.62. The Kier molecular flexibility index (Phi) is 5.93. The Labute approximate surface area is 114 Å². The third-order valence-electron chi connectivity index (χ3n) is 2.62. The van der Waals surface area contributed by atoms with Gasteiger partial charge in [0.15, 0.2) is 0 Å². The standard InChI is InChI=1S/C16H19NO2/c1-3-8-15(9-4-1)14-19-17-12-7-13-18-16-10-5-2-6-11-16/h1-6,8-11,17H,7,12-14H2. The maximum absolute atomic E-state index is 5.58. The minimum atomic E-state index is 0.584. The van der Waals surface area contributed by atoms with E-state index in [4.69, 9.17) is 9.57 Å². The average Bonchev–Trinajstić information content (AvgIpc) is 2.48. The molecule has 0 bridgehead atoms. The molecule has 0 atom stereocenters. The highest BCUT2D eigenvalue weighted by Crippen LogP contribution is 2.08. The molecule has 2 rings (SSSR count). The molecule has 0 unspecified atom stereocenters. The number of benzene rings is 2. The van der Waals surface area contributed by atoms with Crippen molar-refractivity contribution in [2.45, 2.75) is 13.0 Å². The molecule has 0 radical (unpaired) electrons. The van der Waals surface area contributed by atoms with Gasteiger partial charge in [0, 0.05) is 6.54 Å². The number of para-hydroxylation sites is 1. The maximum atomic E-state index is 5.58. The predicted molar refractivity (Wildman–Crippen MR) is 75.8 cm³/mol. The SMILES string of the molecule is c1ccc(CONCCCOc2ccccc2)cc1. The molecular formula is C16H19NO2. The predicted octanol–water partition coefficient (Wildman–Crippen LogP) is 3.18. The lowest BCUT2D eigenvalue weighted by atomic mass is 10.2. The van der Waals surface area contributed by atoms with Gasteiger partial charge in [-0.3, -0.25) is 4.84 Å². The van der Waals surface area contributed by atoms with Crippen molar-refractivity contribution in [3.8, 4) is 5.75 Å². The zero-order valence-electron chi connectivity index (χ0n) is 10.9. The topological polar surface area (TPSA) is 30.5 Å². The van der Waals surface area contributed by atoms with E-state index in [1.54, 1.807) is 0 Å². The molecule has 3 nitrogen and oxygen atoms in total. The van der Waals surface area contributed by atoms with Gasteiger partial charge in [0.05, 0.1) is 13.2 Å². The van der Waals surface area contributed by atoms with Crippen LogP contribution in [-0.2, 0) is 11.4 Å². The largest absolute Gasteiger partial charge is 0.494 e. The highest BCUT2D eigenvalue weighted by Gasteiger charge is 1.93. The molecule has 1 N–H and O–H groups in total. The van der Waals surface area contributed by atoms with Crippen LogP contribution in [0.5, 0.6) is 5.75 Å². The summed E-state index contributed by atoms with van der Waals surface area (Å²) in [6, 6.07) is 19.9. The molecule has 3 heteroatoms.